The Balaban J connectivity index is 1.48. The largest absolute Gasteiger partial charge is 0.469 e. The van der Waals surface area contributed by atoms with E-state index < -0.39 is 0 Å². The molecule has 4 rings (SSSR count). The van der Waals surface area contributed by atoms with E-state index in [1.54, 1.807) is 42.7 Å². The van der Waals surface area contributed by atoms with Gasteiger partial charge in [0, 0.05) is 29.2 Å². The van der Waals surface area contributed by atoms with Gasteiger partial charge in [0.15, 0.2) is 0 Å². The zero-order chi connectivity index (χ0) is 20.2. The standard InChI is InChI=1S/C22H18FN3O3/c1-14(12-19-6-3-11-28-19)24-21(27)16-4-2-5-17(13-16)22-25-20(26-29-22)15-7-9-18(23)10-8-15/h2-11,13-14H,12H2,1H3,(H,24,27)/t14-/m0/s1. The summed E-state index contributed by atoms with van der Waals surface area (Å²) in [6.45, 7) is 1.91. The minimum atomic E-state index is -0.336. The molecule has 0 unspecified atom stereocenters. The number of carbonyl (C=O) groups excluding carboxylic acids is 1. The second kappa shape index (κ2) is 8.10. The number of halogens is 1. The summed E-state index contributed by atoms with van der Waals surface area (Å²) in [5.74, 6) is 0.900. The van der Waals surface area contributed by atoms with Crippen LogP contribution in [0.15, 0.2) is 75.9 Å². The molecule has 0 spiro atoms. The number of aromatic nitrogens is 2. The van der Waals surface area contributed by atoms with Gasteiger partial charge in [-0.15, -0.1) is 0 Å². The van der Waals surface area contributed by atoms with Gasteiger partial charge in [-0.05, 0) is 61.5 Å². The van der Waals surface area contributed by atoms with Crippen LogP contribution in [0.4, 0.5) is 4.39 Å². The predicted octanol–water partition coefficient (Wildman–Crippen LogP) is 4.50. The molecule has 7 heteroatoms. The van der Waals surface area contributed by atoms with Crippen LogP contribution in [0.2, 0.25) is 0 Å². The lowest BCUT2D eigenvalue weighted by Crippen LogP contribution is -2.33. The van der Waals surface area contributed by atoms with E-state index in [2.05, 4.69) is 15.5 Å². The lowest BCUT2D eigenvalue weighted by Gasteiger charge is -2.12. The maximum atomic E-state index is 13.1. The first-order valence-corrected chi connectivity index (χ1v) is 9.12. The summed E-state index contributed by atoms with van der Waals surface area (Å²) in [6, 6.07) is 16.4. The van der Waals surface area contributed by atoms with Gasteiger partial charge in [0.25, 0.3) is 11.8 Å². The molecule has 0 fully saturated rings. The normalized spacial score (nSPS) is 11.9. The monoisotopic (exact) mass is 391 g/mol. The second-order valence-electron chi connectivity index (χ2n) is 6.67. The third-order valence-corrected chi connectivity index (χ3v) is 4.37. The molecular weight excluding hydrogens is 373 g/mol. The molecule has 0 bridgehead atoms. The number of hydrogen-bond acceptors (Lipinski definition) is 5. The number of nitrogens with zero attached hydrogens (tertiary/aromatic N) is 2. The van der Waals surface area contributed by atoms with Gasteiger partial charge in [0.2, 0.25) is 5.82 Å². The van der Waals surface area contributed by atoms with Crippen LogP contribution in [0.3, 0.4) is 0 Å². The average Bonchev–Trinajstić information content (AvgIpc) is 3.41. The van der Waals surface area contributed by atoms with Gasteiger partial charge in [-0.3, -0.25) is 4.79 Å². The van der Waals surface area contributed by atoms with Crippen molar-refractivity contribution in [3.05, 3.63) is 84.1 Å². The Kier molecular flexibility index (Phi) is 5.20. The molecule has 1 amide bonds. The Labute approximate surface area is 166 Å². The molecule has 6 nitrogen and oxygen atoms in total. The third kappa shape index (κ3) is 4.40. The molecule has 29 heavy (non-hydrogen) atoms. The fourth-order valence-corrected chi connectivity index (χ4v) is 2.94. The summed E-state index contributed by atoms with van der Waals surface area (Å²) in [7, 11) is 0. The molecule has 0 radical (unpaired) electrons. The lowest BCUT2D eigenvalue weighted by molar-refractivity contribution is 0.0939. The van der Waals surface area contributed by atoms with Gasteiger partial charge in [-0.1, -0.05) is 11.2 Å². The van der Waals surface area contributed by atoms with Crippen LogP contribution < -0.4 is 5.32 Å². The first-order chi connectivity index (χ1) is 14.1. The number of amides is 1. The first-order valence-electron chi connectivity index (χ1n) is 9.12. The van der Waals surface area contributed by atoms with Crippen LogP contribution >= 0.6 is 0 Å². The van der Waals surface area contributed by atoms with E-state index in [-0.39, 0.29) is 23.7 Å². The number of furan rings is 1. The molecule has 2 aromatic carbocycles. The molecule has 0 aliphatic carbocycles. The Morgan fingerprint density at radius 3 is 2.69 bits per heavy atom. The van der Waals surface area contributed by atoms with E-state index in [1.807, 2.05) is 19.1 Å². The van der Waals surface area contributed by atoms with Gasteiger partial charge < -0.3 is 14.3 Å². The van der Waals surface area contributed by atoms with Crippen molar-refractivity contribution in [2.75, 3.05) is 0 Å². The van der Waals surface area contributed by atoms with Gasteiger partial charge >= 0.3 is 0 Å². The topological polar surface area (TPSA) is 81.2 Å². The van der Waals surface area contributed by atoms with Crippen molar-refractivity contribution in [2.24, 2.45) is 0 Å². The molecule has 0 saturated carbocycles. The van der Waals surface area contributed by atoms with Crippen molar-refractivity contribution in [3.63, 3.8) is 0 Å². The minimum absolute atomic E-state index is 0.0919. The molecule has 0 aliphatic heterocycles. The summed E-state index contributed by atoms with van der Waals surface area (Å²) < 4.78 is 23.7. The SMILES string of the molecule is C[C@@H](Cc1ccco1)NC(=O)c1cccc(-c2nc(-c3ccc(F)cc3)no2)c1. The predicted molar refractivity (Wildman–Crippen MR) is 104 cm³/mol. The van der Waals surface area contributed by atoms with Crippen LogP contribution in [0, 0.1) is 5.82 Å². The summed E-state index contributed by atoms with van der Waals surface area (Å²) in [6.07, 6.45) is 2.21. The summed E-state index contributed by atoms with van der Waals surface area (Å²) in [5, 5.41) is 6.89. The van der Waals surface area contributed by atoms with E-state index in [9.17, 15) is 9.18 Å². The van der Waals surface area contributed by atoms with Gasteiger partial charge in [-0.25, -0.2) is 4.39 Å². The van der Waals surface area contributed by atoms with Crippen LogP contribution in [-0.4, -0.2) is 22.1 Å². The van der Waals surface area contributed by atoms with Crippen molar-refractivity contribution in [2.45, 2.75) is 19.4 Å². The Bertz CT molecular complexity index is 1100. The van der Waals surface area contributed by atoms with Crippen molar-refractivity contribution >= 4 is 5.91 Å². The zero-order valence-corrected chi connectivity index (χ0v) is 15.6. The Morgan fingerprint density at radius 2 is 1.93 bits per heavy atom. The summed E-state index contributed by atoms with van der Waals surface area (Å²) in [4.78, 5) is 16.9. The van der Waals surface area contributed by atoms with E-state index in [0.29, 0.717) is 28.9 Å². The van der Waals surface area contributed by atoms with Crippen molar-refractivity contribution in [1.29, 1.82) is 0 Å². The molecule has 1 N–H and O–H groups in total. The highest BCUT2D eigenvalue weighted by atomic mass is 19.1. The maximum Gasteiger partial charge on any atom is 0.258 e. The second-order valence-corrected chi connectivity index (χ2v) is 6.67. The van der Waals surface area contributed by atoms with Crippen LogP contribution in [0.25, 0.3) is 22.8 Å². The van der Waals surface area contributed by atoms with E-state index in [4.69, 9.17) is 8.94 Å². The smallest absolute Gasteiger partial charge is 0.258 e. The number of rotatable bonds is 6. The zero-order valence-electron chi connectivity index (χ0n) is 15.6. The highest BCUT2D eigenvalue weighted by Crippen LogP contribution is 2.23. The average molecular weight is 391 g/mol. The van der Waals surface area contributed by atoms with Crippen molar-refractivity contribution in [3.8, 4) is 22.8 Å². The molecule has 4 aromatic rings. The molecule has 0 saturated heterocycles. The number of nitrogens with one attached hydrogen (secondary N) is 1. The lowest BCUT2D eigenvalue weighted by atomic mass is 10.1. The fourth-order valence-electron chi connectivity index (χ4n) is 2.94. The molecule has 2 heterocycles. The Morgan fingerprint density at radius 1 is 1.10 bits per heavy atom. The molecule has 0 aliphatic rings. The summed E-state index contributed by atoms with van der Waals surface area (Å²) in [5.41, 5.74) is 1.74. The molecule has 1 atom stereocenters. The van der Waals surface area contributed by atoms with Crippen LogP contribution in [-0.2, 0) is 6.42 Å². The summed E-state index contributed by atoms with van der Waals surface area (Å²) >= 11 is 0. The van der Waals surface area contributed by atoms with Crippen molar-refractivity contribution < 1.29 is 18.1 Å². The number of benzene rings is 2. The molecular formula is C22H18FN3O3. The minimum Gasteiger partial charge on any atom is -0.469 e. The quantitative estimate of drug-likeness (QED) is 0.523. The van der Waals surface area contributed by atoms with Crippen LogP contribution in [0.5, 0.6) is 0 Å². The van der Waals surface area contributed by atoms with Gasteiger partial charge in [-0.2, -0.15) is 4.98 Å². The van der Waals surface area contributed by atoms with E-state index >= 15 is 0 Å². The number of carbonyl (C=O) groups is 1. The number of hydrogen-bond donors (Lipinski definition) is 1. The Hall–Kier alpha value is -3.74. The van der Waals surface area contributed by atoms with Gasteiger partial charge in [0.05, 0.1) is 6.26 Å². The van der Waals surface area contributed by atoms with E-state index in [1.165, 1.54) is 12.1 Å². The highest BCUT2D eigenvalue weighted by molar-refractivity contribution is 5.95. The fraction of sp³-hybridized carbons (Fsp3) is 0.136. The van der Waals surface area contributed by atoms with Crippen LogP contribution in [0.1, 0.15) is 23.0 Å². The molecule has 146 valence electrons. The maximum absolute atomic E-state index is 13.1. The van der Waals surface area contributed by atoms with Gasteiger partial charge in [0.1, 0.15) is 11.6 Å². The third-order valence-electron chi connectivity index (χ3n) is 4.37. The molecule has 2 aromatic heterocycles. The highest BCUT2D eigenvalue weighted by Gasteiger charge is 2.15. The van der Waals surface area contributed by atoms with E-state index in [0.717, 1.165) is 5.76 Å². The first kappa shape index (κ1) is 18.6. The van der Waals surface area contributed by atoms with Crippen molar-refractivity contribution in [1.82, 2.24) is 15.5 Å².